The van der Waals surface area contributed by atoms with Gasteiger partial charge in [-0.15, -0.1) is 24.8 Å². The van der Waals surface area contributed by atoms with Gasteiger partial charge in [0.25, 0.3) is 0 Å². The van der Waals surface area contributed by atoms with E-state index in [1.807, 2.05) is 0 Å². The Bertz CT molecular complexity index is 592. The molecule has 0 bridgehead atoms. The third-order valence-corrected chi connectivity index (χ3v) is 5.63. The van der Waals surface area contributed by atoms with Gasteiger partial charge in [0.2, 0.25) is 0 Å². The minimum atomic E-state index is 0. The standard InChI is InChI=1S/C19H27ClN2O.2ClH/c1-19(2)12-22(17-6-4-3-5-16(17)21-19)13-7-10-18(15(20)11-13)23-14-8-9-14;;/h7,10-11,14,16-17,21H,3-6,8-9,12H2,1-2H3;2*1H/t16-,17-;;/m1../s1. The van der Waals surface area contributed by atoms with Crippen molar-refractivity contribution in [3.8, 4) is 5.75 Å². The van der Waals surface area contributed by atoms with Crippen molar-refractivity contribution in [2.75, 3.05) is 11.4 Å². The lowest BCUT2D eigenvalue weighted by Gasteiger charge is -2.52. The molecule has 2 atom stereocenters. The Morgan fingerprint density at radius 3 is 2.52 bits per heavy atom. The Morgan fingerprint density at radius 2 is 1.84 bits per heavy atom. The number of fused-ring (bicyclic) bond motifs is 1. The lowest BCUT2D eigenvalue weighted by molar-refractivity contribution is 0.199. The van der Waals surface area contributed by atoms with Gasteiger partial charge in [0.05, 0.1) is 11.1 Å². The Labute approximate surface area is 168 Å². The molecular weight excluding hydrogens is 379 g/mol. The zero-order chi connectivity index (χ0) is 16.0. The SMILES string of the molecule is CC1(C)CN(c2ccc(OC3CC3)c(Cl)c2)[C@@H]2CCCC[C@H]2N1.Cl.Cl. The molecule has 2 saturated carbocycles. The van der Waals surface area contributed by atoms with Gasteiger partial charge in [-0.25, -0.2) is 0 Å². The first kappa shape index (κ1) is 21.0. The van der Waals surface area contributed by atoms with Crippen LogP contribution in [0, 0.1) is 0 Å². The molecule has 3 nitrogen and oxygen atoms in total. The van der Waals surface area contributed by atoms with Gasteiger partial charge in [-0.3, -0.25) is 0 Å². The van der Waals surface area contributed by atoms with Crippen LogP contribution in [0.25, 0.3) is 0 Å². The number of nitrogens with zero attached hydrogens (tertiary/aromatic N) is 1. The Balaban J connectivity index is 0.00000113. The number of anilines is 1. The minimum absolute atomic E-state index is 0. The topological polar surface area (TPSA) is 24.5 Å². The normalized spacial score (nSPS) is 27.6. The van der Waals surface area contributed by atoms with E-state index in [-0.39, 0.29) is 30.4 Å². The maximum absolute atomic E-state index is 6.50. The zero-order valence-electron chi connectivity index (χ0n) is 15.0. The summed E-state index contributed by atoms with van der Waals surface area (Å²) in [4.78, 5) is 2.58. The molecule has 142 valence electrons. The van der Waals surface area contributed by atoms with Crippen LogP contribution in [0.2, 0.25) is 5.02 Å². The van der Waals surface area contributed by atoms with Gasteiger partial charge < -0.3 is 15.0 Å². The van der Waals surface area contributed by atoms with Crippen molar-refractivity contribution in [3.05, 3.63) is 23.2 Å². The Morgan fingerprint density at radius 1 is 1.12 bits per heavy atom. The average molecular weight is 408 g/mol. The summed E-state index contributed by atoms with van der Waals surface area (Å²) in [7, 11) is 0. The molecular formula is C19H29Cl3N2O. The summed E-state index contributed by atoms with van der Waals surface area (Å²) in [6, 6.07) is 7.53. The second kappa shape index (κ2) is 8.12. The van der Waals surface area contributed by atoms with E-state index >= 15 is 0 Å². The molecule has 3 fully saturated rings. The summed E-state index contributed by atoms with van der Waals surface area (Å²) in [5.74, 6) is 0.840. The minimum Gasteiger partial charge on any atom is -0.489 e. The van der Waals surface area contributed by atoms with Gasteiger partial charge in [-0.05, 0) is 57.7 Å². The molecule has 0 spiro atoms. The smallest absolute Gasteiger partial charge is 0.138 e. The highest BCUT2D eigenvalue weighted by Crippen LogP contribution is 2.38. The second-order valence-corrected chi connectivity index (χ2v) is 8.45. The summed E-state index contributed by atoms with van der Waals surface area (Å²) >= 11 is 6.50. The molecule has 2 aliphatic carbocycles. The fourth-order valence-corrected chi connectivity index (χ4v) is 4.37. The van der Waals surface area contributed by atoms with Gasteiger partial charge in [0, 0.05) is 29.9 Å². The third-order valence-electron chi connectivity index (χ3n) is 5.34. The fourth-order valence-electron chi connectivity index (χ4n) is 4.16. The molecule has 1 aliphatic heterocycles. The van der Waals surface area contributed by atoms with E-state index in [1.54, 1.807) is 0 Å². The second-order valence-electron chi connectivity index (χ2n) is 8.05. The highest BCUT2D eigenvalue weighted by atomic mass is 35.5. The fraction of sp³-hybridized carbons (Fsp3) is 0.684. The molecule has 4 rings (SSSR count). The predicted octanol–water partition coefficient (Wildman–Crippen LogP) is 5.22. The molecule has 0 amide bonds. The summed E-state index contributed by atoms with van der Waals surface area (Å²) in [6.07, 6.45) is 7.93. The maximum atomic E-state index is 6.50. The molecule has 0 radical (unpaired) electrons. The lowest BCUT2D eigenvalue weighted by atomic mass is 9.83. The molecule has 0 unspecified atom stereocenters. The van der Waals surface area contributed by atoms with E-state index < -0.39 is 0 Å². The molecule has 1 N–H and O–H groups in total. The number of halogens is 3. The quantitative estimate of drug-likeness (QED) is 0.743. The molecule has 6 heteroatoms. The Hall–Kier alpha value is -0.350. The first-order chi connectivity index (χ1) is 11.0. The summed E-state index contributed by atoms with van der Waals surface area (Å²) in [5, 5.41) is 4.60. The van der Waals surface area contributed by atoms with Crippen molar-refractivity contribution < 1.29 is 4.74 Å². The predicted molar refractivity (Wildman–Crippen MR) is 110 cm³/mol. The van der Waals surface area contributed by atoms with E-state index in [4.69, 9.17) is 16.3 Å². The number of piperazine rings is 1. The number of rotatable bonds is 3. The van der Waals surface area contributed by atoms with Crippen LogP contribution in [-0.4, -0.2) is 30.3 Å². The van der Waals surface area contributed by atoms with Gasteiger partial charge in [0.1, 0.15) is 5.75 Å². The number of ether oxygens (including phenoxy) is 1. The zero-order valence-corrected chi connectivity index (χ0v) is 17.4. The highest BCUT2D eigenvalue weighted by molar-refractivity contribution is 6.32. The molecule has 1 aromatic carbocycles. The maximum Gasteiger partial charge on any atom is 0.138 e. The van der Waals surface area contributed by atoms with Crippen LogP contribution in [0.4, 0.5) is 5.69 Å². The molecule has 25 heavy (non-hydrogen) atoms. The molecule has 1 heterocycles. The average Bonchev–Trinajstić information content (AvgIpc) is 3.31. The van der Waals surface area contributed by atoms with Crippen LogP contribution >= 0.6 is 36.4 Å². The van der Waals surface area contributed by atoms with Gasteiger partial charge in [0.15, 0.2) is 0 Å². The monoisotopic (exact) mass is 406 g/mol. The van der Waals surface area contributed by atoms with E-state index in [0.717, 1.165) is 30.2 Å². The van der Waals surface area contributed by atoms with Gasteiger partial charge >= 0.3 is 0 Å². The number of nitrogens with one attached hydrogen (secondary N) is 1. The van der Waals surface area contributed by atoms with Crippen molar-refractivity contribution in [2.45, 2.75) is 76.1 Å². The molecule has 1 aromatic rings. The number of benzene rings is 1. The van der Waals surface area contributed by atoms with Crippen LogP contribution in [0.3, 0.4) is 0 Å². The van der Waals surface area contributed by atoms with Crippen molar-refractivity contribution in [3.63, 3.8) is 0 Å². The number of hydrogen-bond acceptors (Lipinski definition) is 3. The summed E-state index contributed by atoms with van der Waals surface area (Å²) in [6.45, 7) is 5.63. The molecule has 0 aromatic heterocycles. The first-order valence-corrected chi connectivity index (χ1v) is 9.40. The van der Waals surface area contributed by atoms with Crippen LogP contribution in [0.15, 0.2) is 18.2 Å². The highest BCUT2D eigenvalue weighted by Gasteiger charge is 2.40. The van der Waals surface area contributed by atoms with E-state index in [2.05, 4.69) is 42.3 Å². The van der Waals surface area contributed by atoms with Gasteiger partial charge in [-0.2, -0.15) is 0 Å². The third kappa shape index (κ3) is 4.68. The first-order valence-electron chi connectivity index (χ1n) is 9.02. The summed E-state index contributed by atoms with van der Waals surface area (Å²) < 4.78 is 5.88. The van der Waals surface area contributed by atoms with Crippen LogP contribution in [0.5, 0.6) is 5.75 Å². The van der Waals surface area contributed by atoms with Crippen molar-refractivity contribution in [2.24, 2.45) is 0 Å². The number of hydrogen-bond donors (Lipinski definition) is 1. The molecule has 1 saturated heterocycles. The van der Waals surface area contributed by atoms with Crippen molar-refractivity contribution in [1.82, 2.24) is 5.32 Å². The van der Waals surface area contributed by atoms with E-state index in [9.17, 15) is 0 Å². The van der Waals surface area contributed by atoms with Gasteiger partial charge in [-0.1, -0.05) is 24.4 Å². The van der Waals surface area contributed by atoms with E-state index in [1.165, 1.54) is 31.4 Å². The van der Waals surface area contributed by atoms with Crippen molar-refractivity contribution >= 4 is 42.1 Å². The summed E-state index contributed by atoms with van der Waals surface area (Å²) in [5.41, 5.74) is 1.37. The van der Waals surface area contributed by atoms with Crippen LogP contribution in [0.1, 0.15) is 52.4 Å². The van der Waals surface area contributed by atoms with Crippen LogP contribution in [-0.2, 0) is 0 Å². The van der Waals surface area contributed by atoms with E-state index in [0.29, 0.717) is 18.2 Å². The Kier molecular flexibility index (Phi) is 6.81. The lowest BCUT2D eigenvalue weighted by Crippen LogP contribution is -2.67. The largest absolute Gasteiger partial charge is 0.489 e. The van der Waals surface area contributed by atoms with Crippen LogP contribution < -0.4 is 15.0 Å². The molecule has 3 aliphatic rings. The van der Waals surface area contributed by atoms with Crippen molar-refractivity contribution in [1.29, 1.82) is 0 Å².